The minimum absolute atomic E-state index is 0.291. The lowest BCUT2D eigenvalue weighted by atomic mass is 9.97. The third-order valence-electron chi connectivity index (χ3n) is 2.38. The summed E-state index contributed by atoms with van der Waals surface area (Å²) < 4.78 is 11.2. The molecule has 0 aliphatic carbocycles. The van der Waals surface area contributed by atoms with Gasteiger partial charge in [0, 0.05) is 29.7 Å². The van der Waals surface area contributed by atoms with Crippen molar-refractivity contribution in [3.63, 3.8) is 0 Å². The molecule has 0 N–H and O–H groups in total. The molecule has 2 heterocycles. The molecule has 1 aliphatic rings. The predicted molar refractivity (Wildman–Crippen MR) is 55.5 cm³/mol. The van der Waals surface area contributed by atoms with Crippen molar-refractivity contribution in [2.45, 2.75) is 18.8 Å². The second kappa shape index (κ2) is 4.28. The fraction of sp³-hybridized carbons (Fsp3) is 0.500. The fourth-order valence-corrected chi connectivity index (χ4v) is 2.06. The molecule has 14 heavy (non-hydrogen) atoms. The number of hydrogen-bond acceptors (Lipinski definition) is 3. The van der Waals surface area contributed by atoms with Crippen molar-refractivity contribution in [3.05, 3.63) is 32.8 Å². The van der Waals surface area contributed by atoms with Crippen molar-refractivity contribution in [2.75, 3.05) is 13.2 Å². The number of rotatable bonds is 1. The third kappa shape index (κ3) is 2.25. The largest absolute Gasteiger partial charge is 0.428 e. The van der Waals surface area contributed by atoms with Crippen LogP contribution in [0.25, 0.3) is 0 Å². The molecule has 76 valence electrons. The minimum Gasteiger partial charge on any atom is -0.428 e. The number of ether oxygens (including phenoxy) is 1. The standard InChI is InChI=1S/C10H11BrO3/c11-8-5-9(14-10(12)6-8)7-1-3-13-4-2-7/h5-7H,1-4H2. The first-order chi connectivity index (χ1) is 6.75. The van der Waals surface area contributed by atoms with E-state index in [1.807, 2.05) is 6.07 Å². The van der Waals surface area contributed by atoms with Gasteiger partial charge < -0.3 is 9.15 Å². The normalized spacial score (nSPS) is 18.4. The van der Waals surface area contributed by atoms with Crippen LogP contribution >= 0.6 is 15.9 Å². The highest BCUT2D eigenvalue weighted by Gasteiger charge is 2.18. The van der Waals surface area contributed by atoms with Crippen molar-refractivity contribution in [1.29, 1.82) is 0 Å². The Labute approximate surface area is 90.2 Å². The summed E-state index contributed by atoms with van der Waals surface area (Å²) in [5.41, 5.74) is -0.291. The van der Waals surface area contributed by atoms with Gasteiger partial charge in [0.1, 0.15) is 5.76 Å². The zero-order chi connectivity index (χ0) is 9.97. The topological polar surface area (TPSA) is 39.4 Å². The maximum absolute atomic E-state index is 11.1. The van der Waals surface area contributed by atoms with E-state index in [1.165, 1.54) is 6.07 Å². The van der Waals surface area contributed by atoms with E-state index in [4.69, 9.17) is 9.15 Å². The number of hydrogen-bond donors (Lipinski definition) is 0. The first-order valence-electron chi connectivity index (χ1n) is 4.64. The van der Waals surface area contributed by atoms with E-state index in [0.717, 1.165) is 36.3 Å². The molecule has 0 bridgehead atoms. The van der Waals surface area contributed by atoms with Gasteiger partial charge in [0.15, 0.2) is 0 Å². The lowest BCUT2D eigenvalue weighted by Gasteiger charge is -2.20. The molecule has 1 saturated heterocycles. The van der Waals surface area contributed by atoms with Crippen LogP contribution in [0.2, 0.25) is 0 Å². The smallest absolute Gasteiger partial charge is 0.336 e. The zero-order valence-corrected chi connectivity index (χ0v) is 9.25. The molecule has 0 radical (unpaired) electrons. The van der Waals surface area contributed by atoms with Gasteiger partial charge in [-0.2, -0.15) is 0 Å². The molecule has 0 amide bonds. The summed E-state index contributed by atoms with van der Waals surface area (Å²) in [6, 6.07) is 3.31. The Morgan fingerprint density at radius 3 is 2.64 bits per heavy atom. The molecular weight excluding hydrogens is 248 g/mol. The fourth-order valence-electron chi connectivity index (χ4n) is 1.65. The summed E-state index contributed by atoms with van der Waals surface area (Å²) in [5.74, 6) is 1.10. The molecule has 0 saturated carbocycles. The van der Waals surface area contributed by atoms with E-state index in [0.29, 0.717) is 5.92 Å². The Hall–Kier alpha value is -0.610. The summed E-state index contributed by atoms with van der Waals surface area (Å²) in [5, 5.41) is 0. The predicted octanol–water partition coefficient (Wildman–Crippen LogP) is 2.30. The lowest BCUT2D eigenvalue weighted by molar-refractivity contribution is 0.0798. The quantitative estimate of drug-likeness (QED) is 0.776. The van der Waals surface area contributed by atoms with Crippen molar-refractivity contribution in [2.24, 2.45) is 0 Å². The van der Waals surface area contributed by atoms with Crippen LogP contribution in [0.15, 0.2) is 25.8 Å². The second-order valence-electron chi connectivity index (χ2n) is 3.38. The summed E-state index contributed by atoms with van der Waals surface area (Å²) in [6.45, 7) is 1.50. The Kier molecular flexibility index (Phi) is 3.03. The van der Waals surface area contributed by atoms with Crippen molar-refractivity contribution in [1.82, 2.24) is 0 Å². The van der Waals surface area contributed by atoms with Crippen LogP contribution in [0.4, 0.5) is 0 Å². The summed E-state index contributed by atoms with van der Waals surface area (Å²) in [7, 11) is 0. The van der Waals surface area contributed by atoms with Gasteiger partial charge in [-0.25, -0.2) is 4.79 Å². The Bertz CT molecular complexity index is 366. The van der Waals surface area contributed by atoms with Gasteiger partial charge in [-0.3, -0.25) is 0 Å². The van der Waals surface area contributed by atoms with Crippen molar-refractivity contribution < 1.29 is 9.15 Å². The van der Waals surface area contributed by atoms with Crippen LogP contribution < -0.4 is 5.63 Å². The van der Waals surface area contributed by atoms with Gasteiger partial charge in [0.25, 0.3) is 0 Å². The summed E-state index contributed by atoms with van der Waals surface area (Å²) in [4.78, 5) is 11.1. The average Bonchev–Trinajstić information content (AvgIpc) is 2.18. The monoisotopic (exact) mass is 258 g/mol. The minimum atomic E-state index is -0.291. The highest BCUT2D eigenvalue weighted by molar-refractivity contribution is 9.10. The maximum atomic E-state index is 11.1. The van der Waals surface area contributed by atoms with Gasteiger partial charge in [-0.1, -0.05) is 15.9 Å². The van der Waals surface area contributed by atoms with Crippen LogP contribution in [0.5, 0.6) is 0 Å². The van der Waals surface area contributed by atoms with E-state index in [9.17, 15) is 4.79 Å². The van der Waals surface area contributed by atoms with E-state index in [1.54, 1.807) is 0 Å². The maximum Gasteiger partial charge on any atom is 0.336 e. The third-order valence-corrected chi connectivity index (χ3v) is 2.84. The summed E-state index contributed by atoms with van der Waals surface area (Å²) in [6.07, 6.45) is 1.86. The molecule has 1 fully saturated rings. The molecule has 0 spiro atoms. The van der Waals surface area contributed by atoms with Crippen molar-refractivity contribution in [3.8, 4) is 0 Å². The molecule has 2 rings (SSSR count). The summed E-state index contributed by atoms with van der Waals surface area (Å²) >= 11 is 3.29. The van der Waals surface area contributed by atoms with Crippen LogP contribution in [-0.4, -0.2) is 13.2 Å². The molecule has 1 aromatic rings. The first-order valence-corrected chi connectivity index (χ1v) is 5.43. The molecule has 1 aliphatic heterocycles. The van der Waals surface area contributed by atoms with Crippen molar-refractivity contribution >= 4 is 15.9 Å². The van der Waals surface area contributed by atoms with E-state index >= 15 is 0 Å². The van der Waals surface area contributed by atoms with Gasteiger partial charge in [-0.05, 0) is 18.9 Å². The highest BCUT2D eigenvalue weighted by atomic mass is 79.9. The number of halogens is 1. The Morgan fingerprint density at radius 1 is 1.29 bits per heavy atom. The van der Waals surface area contributed by atoms with Crippen LogP contribution in [0.3, 0.4) is 0 Å². The SMILES string of the molecule is O=c1cc(Br)cc(C2CCOCC2)o1. The average molecular weight is 259 g/mol. The Balaban J connectivity index is 2.26. The molecule has 0 atom stereocenters. The van der Waals surface area contributed by atoms with E-state index < -0.39 is 0 Å². The molecule has 0 unspecified atom stereocenters. The molecule has 4 heteroatoms. The van der Waals surface area contributed by atoms with Crippen LogP contribution in [0.1, 0.15) is 24.5 Å². The molecule has 1 aromatic heterocycles. The van der Waals surface area contributed by atoms with E-state index in [2.05, 4.69) is 15.9 Å². The lowest BCUT2D eigenvalue weighted by Crippen LogP contribution is -2.15. The molecular formula is C10H11BrO3. The van der Waals surface area contributed by atoms with Crippen LogP contribution in [-0.2, 0) is 4.74 Å². The highest BCUT2D eigenvalue weighted by Crippen LogP contribution is 2.27. The second-order valence-corrected chi connectivity index (χ2v) is 4.30. The van der Waals surface area contributed by atoms with Gasteiger partial charge >= 0.3 is 5.63 Å². The molecule has 0 aromatic carbocycles. The van der Waals surface area contributed by atoms with Gasteiger partial charge in [0.2, 0.25) is 0 Å². The van der Waals surface area contributed by atoms with E-state index in [-0.39, 0.29) is 5.63 Å². The van der Waals surface area contributed by atoms with Crippen LogP contribution in [0, 0.1) is 0 Å². The van der Waals surface area contributed by atoms with Gasteiger partial charge in [-0.15, -0.1) is 0 Å². The first kappa shape index (κ1) is 9.93. The Morgan fingerprint density at radius 2 is 2.00 bits per heavy atom. The molecule has 3 nitrogen and oxygen atoms in total. The van der Waals surface area contributed by atoms with Gasteiger partial charge in [0.05, 0.1) is 0 Å². The zero-order valence-electron chi connectivity index (χ0n) is 7.66.